The van der Waals surface area contributed by atoms with Gasteiger partial charge in [0.2, 0.25) is 30.0 Å². The van der Waals surface area contributed by atoms with E-state index in [1.807, 2.05) is 18.2 Å². The zero-order valence-corrected chi connectivity index (χ0v) is 41.7. The maximum atomic E-state index is 13.6. The number of alkyl halides is 3. The number of rotatable bonds is 19. The van der Waals surface area contributed by atoms with Crippen LogP contribution in [0.5, 0.6) is 5.75 Å². The number of carbonyl (C=O) groups excluding carboxylic acids is 7. The van der Waals surface area contributed by atoms with Crippen molar-refractivity contribution in [3.63, 3.8) is 0 Å². The van der Waals surface area contributed by atoms with Crippen molar-refractivity contribution in [3.8, 4) is 5.75 Å². The summed E-state index contributed by atoms with van der Waals surface area (Å²) in [5.41, 5.74) is 3.61. The highest BCUT2D eigenvalue weighted by molar-refractivity contribution is 6.07. The van der Waals surface area contributed by atoms with Crippen LogP contribution in [0.15, 0.2) is 42.6 Å². The molecule has 20 nitrogen and oxygen atoms in total. The highest BCUT2D eigenvalue weighted by Crippen LogP contribution is 2.40. The van der Waals surface area contributed by atoms with Crippen molar-refractivity contribution in [1.82, 2.24) is 30.0 Å². The van der Waals surface area contributed by atoms with E-state index in [2.05, 4.69) is 32.3 Å². The van der Waals surface area contributed by atoms with E-state index in [-0.39, 0.29) is 80.6 Å². The maximum absolute atomic E-state index is 13.6. The Labute approximate surface area is 425 Å². The molecular weight excluding hydrogens is 972 g/mol. The number of imide groups is 1. The van der Waals surface area contributed by atoms with E-state index in [0.29, 0.717) is 72.8 Å². The molecule has 0 spiro atoms. The molecule has 5 heterocycles. The minimum atomic E-state index is -5.08. The molecule has 8 rings (SSSR count). The number of ether oxygens (including phenoxy) is 2. The van der Waals surface area contributed by atoms with E-state index in [1.54, 1.807) is 43.5 Å². The molecule has 6 amide bonds. The Morgan fingerprint density at radius 3 is 2.41 bits per heavy atom. The number of aliphatic carboxylic acids is 1. The normalized spacial score (nSPS) is 19.4. The van der Waals surface area contributed by atoms with Gasteiger partial charge in [-0.3, -0.25) is 38.9 Å². The third kappa shape index (κ3) is 13.0. The molecule has 1 unspecified atom stereocenters. The number of ketones is 1. The van der Waals surface area contributed by atoms with Gasteiger partial charge in [0.1, 0.15) is 29.3 Å². The van der Waals surface area contributed by atoms with Crippen LogP contribution in [0.4, 0.5) is 30.4 Å². The molecule has 74 heavy (non-hydrogen) atoms. The summed E-state index contributed by atoms with van der Waals surface area (Å²) in [5.74, 6) is -1.94. The summed E-state index contributed by atoms with van der Waals surface area (Å²) in [5, 5.41) is 12.2. The molecule has 1 aromatic heterocycles. The Bertz CT molecular complexity index is 2600. The lowest BCUT2D eigenvalue weighted by Crippen LogP contribution is -2.55. The van der Waals surface area contributed by atoms with Crippen molar-refractivity contribution in [2.24, 2.45) is 5.92 Å². The number of Topliss-reactive ketones (excluding diaryl/α,β-unsaturated/α-hetero) is 1. The van der Waals surface area contributed by atoms with Gasteiger partial charge in [0.25, 0.3) is 5.91 Å². The van der Waals surface area contributed by atoms with Crippen molar-refractivity contribution >= 4 is 64.9 Å². The van der Waals surface area contributed by atoms with E-state index < -0.39 is 30.0 Å². The summed E-state index contributed by atoms with van der Waals surface area (Å²) >= 11 is 0. The number of methoxy groups -OCH3 is 1. The highest BCUT2D eigenvalue weighted by atomic mass is 19.4. The van der Waals surface area contributed by atoms with Crippen LogP contribution in [0.2, 0.25) is 0 Å². The molecule has 398 valence electrons. The van der Waals surface area contributed by atoms with E-state index in [1.165, 1.54) is 9.80 Å². The van der Waals surface area contributed by atoms with Gasteiger partial charge >= 0.3 is 12.1 Å². The number of carbonyl (C=O) groups is 8. The smallest absolute Gasteiger partial charge is 0.490 e. The van der Waals surface area contributed by atoms with Crippen LogP contribution in [-0.4, -0.2) is 162 Å². The highest BCUT2D eigenvalue weighted by Gasteiger charge is 2.43. The van der Waals surface area contributed by atoms with Gasteiger partial charge in [-0.1, -0.05) is 38.0 Å². The summed E-state index contributed by atoms with van der Waals surface area (Å²) in [4.78, 5) is 117. The van der Waals surface area contributed by atoms with Gasteiger partial charge in [0.15, 0.2) is 11.6 Å². The molecule has 1 saturated carbocycles. The van der Waals surface area contributed by atoms with Crippen LogP contribution in [0.3, 0.4) is 0 Å². The molecule has 3 N–H and O–H groups in total. The Kier molecular flexibility index (Phi) is 18.0. The van der Waals surface area contributed by atoms with Crippen LogP contribution < -0.4 is 25.2 Å². The average Bonchev–Trinajstić information content (AvgIpc) is 4.03. The Morgan fingerprint density at radius 1 is 1.01 bits per heavy atom. The van der Waals surface area contributed by atoms with E-state index in [0.717, 1.165) is 68.7 Å². The molecule has 2 aromatic carbocycles. The fraction of sp³-hybridized carbons (Fsp3) is 0.529. The number of likely N-dealkylation sites (tertiary alicyclic amines) is 1. The summed E-state index contributed by atoms with van der Waals surface area (Å²) in [7, 11) is 3.41. The zero-order chi connectivity index (χ0) is 53.3. The third-order valence-electron chi connectivity index (χ3n) is 14.3. The Balaban J connectivity index is 0.00000107. The number of piperidine rings is 2. The number of halogens is 3. The van der Waals surface area contributed by atoms with Gasteiger partial charge in [0.05, 0.1) is 33.1 Å². The summed E-state index contributed by atoms with van der Waals surface area (Å²) < 4.78 is 43.4. The predicted molar refractivity (Wildman–Crippen MR) is 261 cm³/mol. The first kappa shape index (κ1) is 54.8. The first-order valence-corrected chi connectivity index (χ1v) is 24.9. The predicted octanol–water partition coefficient (Wildman–Crippen LogP) is 4.37. The zero-order valence-electron chi connectivity index (χ0n) is 41.7. The lowest BCUT2D eigenvalue weighted by atomic mass is 9.89. The SMILES string of the molecule is CC[C@@H]1C(=O)N(C)c2cnc(Cc3ccc(C(=O)CC4CCN(CCOCCN(C=O)CC(=O)Nc5cccc6c5CN(C5CCC(=O)NC5=O)C6=O)CC4)cc3OC)nc2N1C1CCCC1.O=C(O)C(F)(F)F. The lowest BCUT2D eigenvalue weighted by molar-refractivity contribution is -0.192. The molecule has 0 bridgehead atoms. The number of hydrogen-bond donors (Lipinski definition) is 3. The molecule has 3 fully saturated rings. The fourth-order valence-corrected chi connectivity index (χ4v) is 10.3. The maximum Gasteiger partial charge on any atom is 0.490 e. The number of nitrogens with zero attached hydrogens (tertiary/aromatic N) is 7. The van der Waals surface area contributed by atoms with Crippen LogP contribution in [0.1, 0.15) is 109 Å². The number of anilines is 3. The van der Waals surface area contributed by atoms with Gasteiger partial charge in [-0.05, 0) is 75.7 Å². The molecule has 23 heteroatoms. The van der Waals surface area contributed by atoms with Crippen LogP contribution in [-0.2, 0) is 46.5 Å². The lowest BCUT2D eigenvalue weighted by Gasteiger charge is -2.43. The largest absolute Gasteiger partial charge is 0.496 e. The van der Waals surface area contributed by atoms with Gasteiger partial charge in [-0.15, -0.1) is 0 Å². The first-order chi connectivity index (χ1) is 35.4. The summed E-state index contributed by atoms with van der Waals surface area (Å²) in [6.07, 6.45) is 5.39. The Morgan fingerprint density at radius 2 is 1.74 bits per heavy atom. The third-order valence-corrected chi connectivity index (χ3v) is 14.3. The summed E-state index contributed by atoms with van der Waals surface area (Å²) in [6.45, 7) is 5.24. The molecule has 3 aromatic rings. The number of carboxylic acid groups (broad SMARTS) is 1. The van der Waals surface area contributed by atoms with Crippen molar-refractivity contribution in [2.45, 2.75) is 108 Å². The minimum absolute atomic E-state index is 0.0785. The molecule has 2 atom stereocenters. The van der Waals surface area contributed by atoms with Crippen molar-refractivity contribution < 1.29 is 66.1 Å². The number of amides is 6. The van der Waals surface area contributed by atoms with Gasteiger partial charge in [-0.2, -0.15) is 13.2 Å². The number of benzene rings is 2. The molecule has 0 radical (unpaired) electrons. The van der Waals surface area contributed by atoms with Gasteiger partial charge in [0, 0.05) is 79.9 Å². The molecular formula is C51H62F3N9O11. The second kappa shape index (κ2) is 24.3. The average molecular weight is 1030 g/mol. The van der Waals surface area contributed by atoms with Crippen molar-refractivity contribution in [3.05, 3.63) is 70.7 Å². The monoisotopic (exact) mass is 1030 g/mol. The topological polar surface area (TPSA) is 241 Å². The van der Waals surface area contributed by atoms with E-state index in [9.17, 15) is 46.7 Å². The van der Waals surface area contributed by atoms with Crippen LogP contribution in [0.25, 0.3) is 0 Å². The fourth-order valence-electron chi connectivity index (χ4n) is 10.3. The number of aromatic nitrogens is 2. The molecule has 5 aliphatic rings. The van der Waals surface area contributed by atoms with Gasteiger partial charge in [-0.25, -0.2) is 14.8 Å². The number of carboxylic acids is 1. The Hall–Kier alpha value is -7.01. The number of fused-ring (bicyclic) bond motifs is 2. The minimum Gasteiger partial charge on any atom is -0.496 e. The number of likely N-dealkylation sites (N-methyl/N-ethyl adjacent to an activating group) is 1. The van der Waals surface area contributed by atoms with Crippen molar-refractivity contribution in [1.29, 1.82) is 0 Å². The van der Waals surface area contributed by atoms with Gasteiger partial charge < -0.3 is 44.4 Å². The van der Waals surface area contributed by atoms with Crippen LogP contribution in [0, 0.1) is 5.92 Å². The number of hydrogen-bond acceptors (Lipinski definition) is 14. The summed E-state index contributed by atoms with van der Waals surface area (Å²) in [6, 6.07) is 9.85. The second-order valence-corrected chi connectivity index (χ2v) is 19.0. The molecule has 1 aliphatic carbocycles. The van der Waals surface area contributed by atoms with E-state index >= 15 is 0 Å². The van der Waals surface area contributed by atoms with Crippen molar-refractivity contribution in [2.75, 3.05) is 75.2 Å². The quantitative estimate of drug-likeness (QED) is 0.0654. The van der Waals surface area contributed by atoms with E-state index in [4.69, 9.17) is 24.4 Å². The second-order valence-electron chi connectivity index (χ2n) is 19.0. The number of nitrogens with one attached hydrogen (secondary N) is 2. The molecule has 4 aliphatic heterocycles. The van der Waals surface area contributed by atoms with Crippen LogP contribution >= 0.6 is 0 Å². The molecule has 2 saturated heterocycles. The first-order valence-electron chi connectivity index (χ1n) is 24.9. The standard InChI is InChI=1S/C49H61N9O9.C2HF3O2/c1-4-38-49(65)54(2)40-27-50-43(52-46(40)58(38)34-8-5-6-9-34)26-33-13-12-32(25-42(33)66-3)41(60)24-31-16-18-55(19-17-31)20-22-67-23-21-56(30-59)29-45(62)51-37-11-7-10-35-36(37)28-57(48(35)64)39-14-15-44(61)53-47(39)63;3-2(4,5)1(6)7/h7,10-13,25,27,30-31,34,38-39H,4-6,8-9,14-24,26,28-29H2,1-3H3,(H,51,62)(H,53,61,63);(H,6,7)/t38-,39?;/m1./s1.